The molecule has 4 nitrogen and oxygen atoms in total. The molecule has 0 saturated carbocycles. The van der Waals surface area contributed by atoms with E-state index in [1.54, 1.807) is 11.3 Å². The number of nitrogens with one attached hydrogen (secondary N) is 1. The number of thiophene rings is 1. The van der Waals surface area contributed by atoms with Crippen LogP contribution in [0.4, 0.5) is 5.00 Å². The number of carbonyl (C=O) groups excluding carboxylic acids is 1. The van der Waals surface area contributed by atoms with Crippen LogP contribution in [-0.4, -0.2) is 35.7 Å². The standard InChI is InChI=1S/C18H26N2O2S2/c1-3-12-8-6-7-11-20(12)18(23)19-16-15(17(21)22-2)13-9-4-5-10-14(13)24-16/h12H,3-11H2,1-2H3,(H,19,23). The van der Waals surface area contributed by atoms with E-state index in [1.165, 1.54) is 43.2 Å². The van der Waals surface area contributed by atoms with E-state index in [0.717, 1.165) is 42.3 Å². The van der Waals surface area contributed by atoms with Crippen LogP contribution in [0.1, 0.15) is 66.2 Å². The van der Waals surface area contributed by atoms with Gasteiger partial charge >= 0.3 is 5.97 Å². The van der Waals surface area contributed by atoms with E-state index in [9.17, 15) is 4.79 Å². The molecule has 0 radical (unpaired) electrons. The highest BCUT2D eigenvalue weighted by atomic mass is 32.1. The molecule has 0 bridgehead atoms. The number of esters is 1. The second kappa shape index (κ2) is 7.83. The fourth-order valence-corrected chi connectivity index (χ4v) is 5.52. The number of nitrogens with zero attached hydrogens (tertiary/aromatic N) is 1. The van der Waals surface area contributed by atoms with Gasteiger partial charge in [-0.2, -0.15) is 0 Å². The van der Waals surface area contributed by atoms with Crippen LogP contribution in [0.3, 0.4) is 0 Å². The molecule has 0 spiro atoms. The normalized spacial score (nSPS) is 20.4. The number of anilines is 1. The fraction of sp³-hybridized carbons (Fsp3) is 0.667. The SMILES string of the molecule is CCC1CCCCN1C(=S)Nc1sc2c(c1C(=O)OC)CCCC2. The summed E-state index contributed by atoms with van der Waals surface area (Å²) in [6, 6.07) is 0.509. The molecule has 3 rings (SSSR count). The first-order valence-electron chi connectivity index (χ1n) is 8.96. The Balaban J connectivity index is 1.85. The van der Waals surface area contributed by atoms with E-state index in [2.05, 4.69) is 17.1 Å². The average Bonchev–Trinajstić information content (AvgIpc) is 2.98. The lowest BCUT2D eigenvalue weighted by Gasteiger charge is -2.37. The smallest absolute Gasteiger partial charge is 0.341 e. The fourth-order valence-electron chi connectivity index (χ4n) is 3.83. The van der Waals surface area contributed by atoms with Gasteiger partial charge < -0.3 is 15.0 Å². The van der Waals surface area contributed by atoms with Crippen molar-refractivity contribution in [3.05, 3.63) is 16.0 Å². The van der Waals surface area contributed by atoms with E-state index < -0.39 is 0 Å². The van der Waals surface area contributed by atoms with Gasteiger partial charge in [-0.3, -0.25) is 0 Å². The number of likely N-dealkylation sites (tertiary alicyclic amines) is 1. The van der Waals surface area contributed by atoms with Crippen LogP contribution in [-0.2, 0) is 17.6 Å². The van der Waals surface area contributed by atoms with Gasteiger partial charge in [0, 0.05) is 17.5 Å². The molecule has 0 aromatic carbocycles. The molecule has 132 valence electrons. The van der Waals surface area contributed by atoms with Crippen LogP contribution in [0.25, 0.3) is 0 Å². The number of ether oxygens (including phenoxy) is 1. The number of aryl methyl sites for hydroxylation is 1. The Labute approximate surface area is 153 Å². The Morgan fingerprint density at radius 3 is 2.88 bits per heavy atom. The number of piperidine rings is 1. The lowest BCUT2D eigenvalue weighted by molar-refractivity contribution is 0.0601. The summed E-state index contributed by atoms with van der Waals surface area (Å²) in [4.78, 5) is 16.0. The maximum absolute atomic E-state index is 12.3. The molecule has 2 aliphatic rings. The Hall–Kier alpha value is -1.14. The van der Waals surface area contributed by atoms with Gasteiger partial charge in [0.05, 0.1) is 12.7 Å². The number of carbonyl (C=O) groups is 1. The van der Waals surface area contributed by atoms with Gasteiger partial charge in [-0.25, -0.2) is 4.79 Å². The molecule has 1 unspecified atom stereocenters. The lowest BCUT2D eigenvalue weighted by atomic mass is 9.95. The van der Waals surface area contributed by atoms with Crippen molar-refractivity contribution in [2.45, 2.75) is 64.3 Å². The third-order valence-corrected chi connectivity index (χ3v) is 6.68. The Morgan fingerprint density at radius 2 is 2.12 bits per heavy atom. The van der Waals surface area contributed by atoms with E-state index in [-0.39, 0.29) is 5.97 Å². The Bertz CT molecular complexity index is 627. The first kappa shape index (κ1) is 17.7. The maximum atomic E-state index is 12.3. The zero-order chi connectivity index (χ0) is 17.1. The lowest BCUT2D eigenvalue weighted by Crippen LogP contribution is -2.45. The van der Waals surface area contributed by atoms with Crippen LogP contribution in [0.2, 0.25) is 0 Å². The largest absolute Gasteiger partial charge is 0.465 e. The summed E-state index contributed by atoms with van der Waals surface area (Å²) in [6.45, 7) is 3.22. The molecule has 1 N–H and O–H groups in total. The predicted molar refractivity (Wildman–Crippen MR) is 103 cm³/mol. The molecule has 24 heavy (non-hydrogen) atoms. The monoisotopic (exact) mass is 366 g/mol. The van der Waals surface area contributed by atoms with Crippen molar-refractivity contribution in [3.8, 4) is 0 Å². The number of rotatable bonds is 3. The van der Waals surface area contributed by atoms with Crippen molar-refractivity contribution in [1.82, 2.24) is 4.90 Å². The van der Waals surface area contributed by atoms with Crippen molar-refractivity contribution in [2.24, 2.45) is 0 Å². The number of thiocarbonyl (C=S) groups is 1. The van der Waals surface area contributed by atoms with Crippen LogP contribution in [0.5, 0.6) is 0 Å². The van der Waals surface area contributed by atoms with Crippen LogP contribution < -0.4 is 5.32 Å². The highest BCUT2D eigenvalue weighted by molar-refractivity contribution is 7.80. The minimum atomic E-state index is -0.245. The first-order chi connectivity index (χ1) is 11.7. The summed E-state index contributed by atoms with van der Waals surface area (Å²) in [5.74, 6) is -0.245. The summed E-state index contributed by atoms with van der Waals surface area (Å²) >= 11 is 7.37. The molecule has 1 atom stereocenters. The first-order valence-corrected chi connectivity index (χ1v) is 10.2. The Morgan fingerprint density at radius 1 is 1.33 bits per heavy atom. The molecule has 0 amide bonds. The van der Waals surface area contributed by atoms with E-state index in [0.29, 0.717) is 11.6 Å². The van der Waals surface area contributed by atoms with Crippen molar-refractivity contribution in [2.75, 3.05) is 19.0 Å². The van der Waals surface area contributed by atoms with Gasteiger partial charge in [-0.15, -0.1) is 11.3 Å². The van der Waals surface area contributed by atoms with Crippen molar-refractivity contribution in [1.29, 1.82) is 0 Å². The summed E-state index contributed by atoms with van der Waals surface area (Å²) < 4.78 is 5.04. The van der Waals surface area contributed by atoms with Gasteiger partial charge in [-0.1, -0.05) is 6.92 Å². The second-order valence-electron chi connectivity index (χ2n) is 6.59. The van der Waals surface area contributed by atoms with E-state index in [1.807, 2.05) is 0 Å². The molecule has 1 aliphatic carbocycles. The summed E-state index contributed by atoms with van der Waals surface area (Å²) in [7, 11) is 1.45. The number of hydrogen-bond donors (Lipinski definition) is 1. The van der Waals surface area contributed by atoms with Gasteiger partial charge in [0.15, 0.2) is 5.11 Å². The molecule has 6 heteroatoms. The third kappa shape index (κ3) is 3.45. The molecule has 1 saturated heterocycles. The molecule has 1 aromatic rings. The maximum Gasteiger partial charge on any atom is 0.341 e. The van der Waals surface area contributed by atoms with Crippen LogP contribution in [0, 0.1) is 0 Å². The van der Waals surface area contributed by atoms with Crippen molar-refractivity contribution in [3.63, 3.8) is 0 Å². The summed E-state index contributed by atoms with van der Waals surface area (Å²) in [6.07, 6.45) is 9.12. The molecule has 1 fully saturated rings. The zero-order valence-electron chi connectivity index (χ0n) is 14.5. The average molecular weight is 367 g/mol. The van der Waals surface area contributed by atoms with E-state index >= 15 is 0 Å². The number of hydrogen-bond acceptors (Lipinski definition) is 4. The second-order valence-corrected chi connectivity index (χ2v) is 8.08. The van der Waals surface area contributed by atoms with E-state index in [4.69, 9.17) is 17.0 Å². The number of fused-ring (bicyclic) bond motifs is 1. The summed E-state index contributed by atoms with van der Waals surface area (Å²) in [5, 5.41) is 5.02. The molecule has 2 heterocycles. The van der Waals surface area contributed by atoms with Crippen molar-refractivity contribution >= 4 is 39.6 Å². The van der Waals surface area contributed by atoms with Crippen LogP contribution in [0.15, 0.2) is 0 Å². The highest BCUT2D eigenvalue weighted by Gasteiger charge is 2.28. The van der Waals surface area contributed by atoms with Crippen LogP contribution >= 0.6 is 23.6 Å². The zero-order valence-corrected chi connectivity index (χ0v) is 16.2. The molecular weight excluding hydrogens is 340 g/mol. The Kier molecular flexibility index (Phi) is 5.76. The van der Waals surface area contributed by atoms with Gasteiger partial charge in [0.25, 0.3) is 0 Å². The summed E-state index contributed by atoms with van der Waals surface area (Å²) in [5.41, 5.74) is 1.89. The minimum absolute atomic E-state index is 0.245. The highest BCUT2D eigenvalue weighted by Crippen LogP contribution is 2.39. The van der Waals surface area contributed by atoms with Gasteiger partial charge in [0.2, 0.25) is 0 Å². The number of methoxy groups -OCH3 is 1. The van der Waals surface area contributed by atoms with Gasteiger partial charge in [0.1, 0.15) is 5.00 Å². The quantitative estimate of drug-likeness (QED) is 0.635. The predicted octanol–water partition coefficient (Wildman–Crippen LogP) is 4.37. The molecule has 1 aliphatic heterocycles. The topological polar surface area (TPSA) is 41.6 Å². The minimum Gasteiger partial charge on any atom is -0.465 e. The molecular formula is C18H26N2O2S2. The third-order valence-electron chi connectivity index (χ3n) is 5.14. The molecule has 1 aromatic heterocycles. The van der Waals surface area contributed by atoms with Gasteiger partial charge in [-0.05, 0) is 69.1 Å². The van der Waals surface area contributed by atoms with Crippen molar-refractivity contribution < 1.29 is 9.53 Å².